The van der Waals surface area contributed by atoms with Crippen molar-refractivity contribution in [1.29, 1.82) is 5.26 Å². The Bertz CT molecular complexity index is 3850. The highest BCUT2D eigenvalue weighted by atomic mass is 15.0. The third kappa shape index (κ3) is 3.60. The molecule has 0 amide bonds. The minimum atomic E-state index is -0.466. The maximum absolute atomic E-state index is 10.7. The second kappa shape index (κ2) is 10.4. The molecular weight excluding hydrogens is 665 g/mol. The van der Waals surface area contributed by atoms with E-state index in [1.54, 1.807) is 0 Å². The van der Waals surface area contributed by atoms with Crippen LogP contribution in [0.2, 0.25) is 0 Å². The Morgan fingerprint density at radius 2 is 0.927 bits per heavy atom. The molecule has 4 heterocycles. The van der Waals surface area contributed by atoms with Gasteiger partial charge in [0.25, 0.3) is 0 Å². The van der Waals surface area contributed by atoms with Gasteiger partial charge in [0.2, 0.25) is 6.71 Å². The SMILES string of the molecule is [2H]c1c([2H])c([2H])c(-n2c3ccccc3c3cc4c5c(cccc5c32)B2c3c-4cc(C#N)cc3-c3cc4c5ccccc5n(-c5c([2H])c([2H])c([2H])c([2H])c5[2H])c4c4cccc2c34)c([2H])c1[2H]. The van der Waals surface area contributed by atoms with E-state index in [2.05, 4.69) is 30.3 Å². The molecule has 0 fully saturated rings. The maximum atomic E-state index is 10.7. The Morgan fingerprint density at radius 1 is 0.473 bits per heavy atom. The van der Waals surface area contributed by atoms with E-state index in [0.29, 0.717) is 27.6 Å². The Balaban J connectivity index is 1.20. The molecule has 0 spiro atoms. The fourth-order valence-corrected chi connectivity index (χ4v) is 9.96. The van der Waals surface area contributed by atoms with E-state index in [1.165, 1.54) is 0 Å². The second-order valence-corrected chi connectivity index (χ2v) is 14.4. The van der Waals surface area contributed by atoms with Gasteiger partial charge in [-0.25, -0.2) is 0 Å². The highest BCUT2D eigenvalue weighted by Crippen LogP contribution is 2.47. The summed E-state index contributed by atoms with van der Waals surface area (Å²) in [5, 5.41) is 17.6. The summed E-state index contributed by atoms with van der Waals surface area (Å²) in [4.78, 5) is 0. The van der Waals surface area contributed by atoms with E-state index in [0.717, 1.165) is 81.7 Å². The molecule has 0 saturated heterocycles. The van der Waals surface area contributed by atoms with E-state index < -0.39 is 36.3 Å². The Hall–Kier alpha value is -7.35. The van der Waals surface area contributed by atoms with Crippen molar-refractivity contribution in [2.75, 3.05) is 0 Å². The predicted molar refractivity (Wildman–Crippen MR) is 230 cm³/mol. The van der Waals surface area contributed by atoms with Gasteiger partial charge in [-0.3, -0.25) is 0 Å². The molecule has 0 N–H and O–H groups in total. The van der Waals surface area contributed by atoms with Crippen LogP contribution in [0.5, 0.6) is 0 Å². The molecule has 250 valence electrons. The fraction of sp³-hybridized carbons (Fsp3) is 0. The van der Waals surface area contributed by atoms with Crippen molar-refractivity contribution in [3.63, 3.8) is 0 Å². The lowest BCUT2D eigenvalue weighted by atomic mass is 9.31. The number of nitriles is 1. The molecule has 55 heavy (non-hydrogen) atoms. The summed E-state index contributed by atoms with van der Waals surface area (Å²) in [7, 11) is 0. The summed E-state index contributed by atoms with van der Waals surface area (Å²) in [6.07, 6.45) is 0. The molecule has 3 nitrogen and oxygen atoms in total. The second-order valence-electron chi connectivity index (χ2n) is 14.4. The predicted octanol–water partition coefficient (Wildman–Crippen LogP) is 10.5. The molecule has 13 rings (SSSR count). The number of benzene rings is 9. The highest BCUT2D eigenvalue weighted by Gasteiger charge is 2.40. The minimum absolute atomic E-state index is 0.0584. The first-order chi connectivity index (χ1) is 31.4. The van der Waals surface area contributed by atoms with Crippen molar-refractivity contribution in [2.45, 2.75) is 0 Å². The first-order valence-corrected chi connectivity index (χ1v) is 18.1. The van der Waals surface area contributed by atoms with Gasteiger partial charge >= 0.3 is 0 Å². The van der Waals surface area contributed by atoms with Crippen LogP contribution < -0.4 is 16.4 Å². The lowest BCUT2D eigenvalue weighted by molar-refractivity contribution is 1.19. The number of fused-ring (bicyclic) bond motifs is 12. The van der Waals surface area contributed by atoms with Crippen LogP contribution in [0.25, 0.3) is 98.8 Å². The van der Waals surface area contributed by atoms with E-state index in [4.69, 9.17) is 13.7 Å². The monoisotopic (exact) mass is 703 g/mol. The molecule has 0 atom stereocenters. The summed E-state index contributed by atoms with van der Waals surface area (Å²) in [6, 6.07) is 34.5. The number of rotatable bonds is 2. The third-order valence-corrected chi connectivity index (χ3v) is 11.9. The zero-order valence-electron chi connectivity index (χ0n) is 38.8. The summed E-state index contributed by atoms with van der Waals surface area (Å²) >= 11 is 0. The van der Waals surface area contributed by atoms with Gasteiger partial charge in [-0.15, -0.1) is 0 Å². The molecule has 4 heteroatoms. The van der Waals surface area contributed by atoms with Gasteiger partial charge in [-0.05, 0) is 93.6 Å². The van der Waals surface area contributed by atoms with Crippen LogP contribution >= 0.6 is 0 Å². The quantitative estimate of drug-likeness (QED) is 0.165. The van der Waals surface area contributed by atoms with Gasteiger partial charge in [-0.1, -0.05) is 125 Å². The Morgan fingerprint density at radius 3 is 1.40 bits per heavy atom. The normalized spacial score (nSPS) is 15.2. The van der Waals surface area contributed by atoms with Gasteiger partial charge in [0.05, 0.1) is 47.4 Å². The van der Waals surface area contributed by atoms with Crippen LogP contribution in [0.1, 0.15) is 19.3 Å². The molecule has 0 aliphatic carbocycles. The average molecular weight is 704 g/mol. The number of hydrogen-bond acceptors (Lipinski definition) is 1. The molecule has 11 aromatic rings. The van der Waals surface area contributed by atoms with Gasteiger partial charge in [-0.2, -0.15) is 5.26 Å². The molecular formula is C51H28BN3. The molecule has 0 unspecified atom stereocenters. The molecule has 0 saturated carbocycles. The Labute approximate surface area is 330 Å². The van der Waals surface area contributed by atoms with Crippen molar-refractivity contribution in [3.05, 3.63) is 175 Å². The summed E-state index contributed by atoms with van der Waals surface area (Å²) in [6.45, 7) is -0.341. The van der Waals surface area contributed by atoms with Crippen LogP contribution in [0, 0.1) is 11.3 Å². The van der Waals surface area contributed by atoms with Crippen LogP contribution in [0.4, 0.5) is 0 Å². The lowest BCUT2D eigenvalue weighted by Crippen LogP contribution is -2.57. The third-order valence-electron chi connectivity index (χ3n) is 11.9. The zero-order chi connectivity index (χ0) is 44.6. The van der Waals surface area contributed by atoms with Crippen LogP contribution in [0.3, 0.4) is 0 Å². The van der Waals surface area contributed by atoms with Gasteiger partial charge < -0.3 is 9.13 Å². The van der Waals surface area contributed by atoms with Crippen LogP contribution in [0.15, 0.2) is 170 Å². The summed E-state index contributed by atoms with van der Waals surface area (Å²) in [5.74, 6) is 0. The number of hydrogen-bond donors (Lipinski definition) is 0. The molecule has 2 aliphatic heterocycles. The first-order valence-electron chi connectivity index (χ1n) is 23.1. The summed E-state index contributed by atoms with van der Waals surface area (Å²) < 4.78 is 91.4. The van der Waals surface area contributed by atoms with Crippen molar-refractivity contribution >= 4 is 88.3 Å². The van der Waals surface area contributed by atoms with E-state index in [-0.39, 0.29) is 42.3 Å². The topological polar surface area (TPSA) is 33.6 Å². The minimum Gasteiger partial charge on any atom is -0.309 e. The van der Waals surface area contributed by atoms with E-state index >= 15 is 0 Å². The standard InChI is InChI=1S/C51H28BN3/c53-29-30-25-39-37-27-41-33-17-7-9-23-45(33)54(31-13-3-1-4-14-31)50(41)35-19-11-21-43(47(35)37)52-44-22-12-20-36-48(44)38(40(26-30)49(39)52)28-42-34-18-8-10-24-46(34)55(51(36)42)32-15-5-2-6-16-32/h1-28H/i1D,2D,3D,4D,5D,6D,13D,14D,15D,16D. The van der Waals surface area contributed by atoms with Crippen LogP contribution in [-0.2, 0) is 0 Å². The maximum Gasteiger partial charge on any atom is 0.244 e. The van der Waals surface area contributed by atoms with Gasteiger partial charge in [0.15, 0.2) is 0 Å². The van der Waals surface area contributed by atoms with Gasteiger partial charge in [0.1, 0.15) is 0 Å². The van der Waals surface area contributed by atoms with E-state index in [1.807, 2.05) is 94.1 Å². The summed E-state index contributed by atoms with van der Waals surface area (Å²) in [5.41, 5.74) is 10.1. The van der Waals surface area contributed by atoms with E-state index in [9.17, 15) is 5.26 Å². The van der Waals surface area contributed by atoms with Crippen molar-refractivity contribution in [1.82, 2.24) is 9.13 Å². The van der Waals surface area contributed by atoms with Crippen molar-refractivity contribution in [2.24, 2.45) is 0 Å². The molecule has 0 radical (unpaired) electrons. The lowest BCUT2D eigenvalue weighted by Gasteiger charge is -2.34. The molecule has 2 aromatic heterocycles. The number of nitrogens with zero attached hydrogens (tertiary/aromatic N) is 3. The largest absolute Gasteiger partial charge is 0.309 e. The zero-order valence-corrected chi connectivity index (χ0v) is 28.8. The fourth-order valence-electron chi connectivity index (χ4n) is 9.96. The van der Waals surface area contributed by atoms with Crippen molar-refractivity contribution < 1.29 is 13.7 Å². The first kappa shape index (κ1) is 21.4. The molecule has 2 aliphatic rings. The van der Waals surface area contributed by atoms with Gasteiger partial charge in [0, 0.05) is 43.7 Å². The number of aromatic nitrogens is 2. The Kier molecular flexibility index (Phi) is 4.05. The average Bonchev–Trinajstić information content (AvgIpc) is 3.84. The smallest absolute Gasteiger partial charge is 0.244 e. The number of para-hydroxylation sites is 4. The highest BCUT2D eigenvalue weighted by molar-refractivity contribution is 7.01. The van der Waals surface area contributed by atoms with Crippen molar-refractivity contribution in [3.8, 4) is 39.7 Å². The molecule has 0 bridgehead atoms. The van der Waals surface area contributed by atoms with Crippen LogP contribution in [-0.4, -0.2) is 15.8 Å². The molecule has 9 aromatic carbocycles.